The van der Waals surface area contributed by atoms with Crippen LogP contribution in [0, 0.1) is 0 Å². The molecule has 6 nitrogen and oxygen atoms in total. The third kappa shape index (κ3) is 0.777. The molecule has 0 saturated carbocycles. The van der Waals surface area contributed by atoms with E-state index in [1.807, 2.05) is 0 Å². The second kappa shape index (κ2) is 2.07. The van der Waals surface area contributed by atoms with Crippen molar-refractivity contribution in [3.05, 3.63) is 27.1 Å². The zero-order chi connectivity index (χ0) is 8.72. The van der Waals surface area contributed by atoms with Crippen LogP contribution >= 0.6 is 0 Å². The summed E-state index contributed by atoms with van der Waals surface area (Å²) in [5.41, 5.74) is -0.0426. The molecule has 0 saturated heterocycles. The molecule has 62 valence electrons. The molecule has 2 aromatic heterocycles. The number of nitrogens with zero attached hydrogens (tertiary/aromatic N) is 2. The molecule has 0 aliphatic carbocycles. The van der Waals surface area contributed by atoms with Crippen molar-refractivity contribution in [1.29, 1.82) is 0 Å². The van der Waals surface area contributed by atoms with Crippen molar-refractivity contribution in [3.63, 3.8) is 0 Å². The van der Waals surface area contributed by atoms with Gasteiger partial charge in [-0.25, -0.2) is 9.48 Å². The molecule has 2 aromatic rings. The Morgan fingerprint density at radius 2 is 2.33 bits per heavy atom. The third-order valence-electron chi connectivity index (χ3n) is 1.53. The molecule has 0 bridgehead atoms. The van der Waals surface area contributed by atoms with Crippen molar-refractivity contribution in [2.45, 2.75) is 0 Å². The van der Waals surface area contributed by atoms with Gasteiger partial charge >= 0.3 is 5.76 Å². The van der Waals surface area contributed by atoms with E-state index in [9.17, 15) is 9.59 Å². The van der Waals surface area contributed by atoms with Crippen LogP contribution in [0.15, 0.2) is 20.2 Å². The molecule has 0 fully saturated rings. The number of aromatic amines is 1. The molecule has 0 atom stereocenters. The first-order valence-corrected chi connectivity index (χ1v) is 3.23. The maximum atomic E-state index is 11.2. The fourth-order valence-electron chi connectivity index (χ4n) is 0.943. The van der Waals surface area contributed by atoms with E-state index in [2.05, 4.69) is 14.5 Å². The summed E-state index contributed by atoms with van der Waals surface area (Å²) in [6, 6.07) is 0. The number of H-pyrrole nitrogens is 1. The van der Waals surface area contributed by atoms with E-state index in [1.54, 1.807) is 0 Å². The lowest BCUT2D eigenvalue weighted by molar-refractivity contribution is 0.552. The molecule has 0 aromatic carbocycles. The molecule has 0 amide bonds. The molecular weight excluding hydrogens is 162 g/mol. The van der Waals surface area contributed by atoms with E-state index in [-0.39, 0.29) is 16.7 Å². The van der Waals surface area contributed by atoms with Gasteiger partial charge in [0.25, 0.3) is 5.56 Å². The summed E-state index contributed by atoms with van der Waals surface area (Å²) in [5.74, 6) is -0.643. The first-order chi connectivity index (χ1) is 5.68. The van der Waals surface area contributed by atoms with Gasteiger partial charge in [-0.15, -0.1) is 0 Å². The van der Waals surface area contributed by atoms with Crippen LogP contribution in [0.3, 0.4) is 0 Å². The van der Waals surface area contributed by atoms with Crippen LogP contribution in [-0.4, -0.2) is 14.8 Å². The highest BCUT2D eigenvalue weighted by Crippen LogP contribution is 1.99. The molecular formula is C6H5N3O3. The van der Waals surface area contributed by atoms with Crippen LogP contribution in [0.2, 0.25) is 0 Å². The summed E-state index contributed by atoms with van der Waals surface area (Å²) in [6.45, 7) is 0. The van der Waals surface area contributed by atoms with Gasteiger partial charge in [0.15, 0.2) is 11.1 Å². The Balaban J connectivity index is 3.10. The fraction of sp³-hybridized carbons (Fsp3) is 0.167. The smallest absolute Gasteiger partial charge is 0.406 e. The van der Waals surface area contributed by atoms with Gasteiger partial charge in [0.05, 0.1) is 6.20 Å². The van der Waals surface area contributed by atoms with Crippen molar-refractivity contribution in [1.82, 2.24) is 14.8 Å². The minimum absolute atomic E-state index is 0.150. The van der Waals surface area contributed by atoms with Crippen molar-refractivity contribution < 1.29 is 4.42 Å². The maximum Gasteiger partial charge on any atom is 0.417 e. The van der Waals surface area contributed by atoms with Crippen molar-refractivity contribution >= 4 is 11.1 Å². The van der Waals surface area contributed by atoms with Gasteiger partial charge in [0, 0.05) is 7.05 Å². The van der Waals surface area contributed by atoms with E-state index >= 15 is 0 Å². The second-order valence-corrected chi connectivity index (χ2v) is 2.33. The Labute approximate surface area is 65.4 Å². The number of aryl methyl sites for hydroxylation is 1. The van der Waals surface area contributed by atoms with E-state index < -0.39 is 5.76 Å². The zero-order valence-corrected chi connectivity index (χ0v) is 6.20. The standard InChI is InChI=1S/C6H5N3O3/c1-9-5(10)4-3(2-7-9)12-6(11)8-4/h2H,1H3,(H,8,11). The van der Waals surface area contributed by atoms with Gasteiger partial charge in [-0.05, 0) is 0 Å². The fourth-order valence-corrected chi connectivity index (χ4v) is 0.943. The Hall–Kier alpha value is -1.85. The molecule has 0 spiro atoms. The quantitative estimate of drug-likeness (QED) is 0.557. The lowest BCUT2D eigenvalue weighted by Gasteiger charge is -1.91. The largest absolute Gasteiger partial charge is 0.417 e. The topological polar surface area (TPSA) is 80.9 Å². The van der Waals surface area contributed by atoms with E-state index in [0.717, 1.165) is 4.68 Å². The number of nitrogens with one attached hydrogen (secondary N) is 1. The number of hydrogen-bond acceptors (Lipinski definition) is 4. The Kier molecular flexibility index (Phi) is 1.18. The number of fused-ring (bicyclic) bond motifs is 1. The van der Waals surface area contributed by atoms with Crippen LogP contribution in [0.25, 0.3) is 11.1 Å². The van der Waals surface area contributed by atoms with Crippen LogP contribution in [0.1, 0.15) is 0 Å². The van der Waals surface area contributed by atoms with Crippen molar-refractivity contribution in [2.75, 3.05) is 0 Å². The highest BCUT2D eigenvalue weighted by molar-refractivity contribution is 5.68. The summed E-state index contributed by atoms with van der Waals surface area (Å²) in [7, 11) is 1.49. The van der Waals surface area contributed by atoms with E-state index in [4.69, 9.17) is 0 Å². The van der Waals surface area contributed by atoms with Gasteiger partial charge in [-0.2, -0.15) is 5.10 Å². The van der Waals surface area contributed by atoms with Crippen LogP contribution in [0.4, 0.5) is 0 Å². The lowest BCUT2D eigenvalue weighted by Crippen LogP contribution is -2.19. The summed E-state index contributed by atoms with van der Waals surface area (Å²) < 4.78 is 5.74. The normalized spacial score (nSPS) is 10.8. The van der Waals surface area contributed by atoms with Crippen LogP contribution in [0.5, 0.6) is 0 Å². The summed E-state index contributed by atoms with van der Waals surface area (Å²) in [5, 5.41) is 3.67. The molecule has 0 unspecified atom stereocenters. The first-order valence-electron chi connectivity index (χ1n) is 3.23. The minimum Gasteiger partial charge on any atom is -0.406 e. The molecule has 6 heteroatoms. The van der Waals surface area contributed by atoms with E-state index in [0.29, 0.717) is 0 Å². The Bertz CT molecular complexity index is 533. The number of oxazole rings is 1. The van der Waals surface area contributed by atoms with Gasteiger partial charge in [-0.3, -0.25) is 9.78 Å². The highest BCUT2D eigenvalue weighted by Gasteiger charge is 2.05. The molecule has 12 heavy (non-hydrogen) atoms. The number of rotatable bonds is 0. The van der Waals surface area contributed by atoms with Gasteiger partial charge in [0.2, 0.25) is 0 Å². The number of aromatic nitrogens is 3. The summed E-state index contributed by atoms with van der Waals surface area (Å²) in [6.07, 6.45) is 1.31. The molecule has 1 N–H and O–H groups in total. The lowest BCUT2D eigenvalue weighted by atomic mass is 10.5. The summed E-state index contributed by atoms with van der Waals surface area (Å²) in [4.78, 5) is 24.1. The first kappa shape index (κ1) is 6.84. The van der Waals surface area contributed by atoms with Gasteiger partial charge in [-0.1, -0.05) is 0 Å². The maximum absolute atomic E-state index is 11.2. The summed E-state index contributed by atoms with van der Waals surface area (Å²) >= 11 is 0. The monoisotopic (exact) mass is 167 g/mol. The molecule has 0 aliphatic heterocycles. The molecule has 2 heterocycles. The second-order valence-electron chi connectivity index (χ2n) is 2.33. The minimum atomic E-state index is -0.643. The van der Waals surface area contributed by atoms with Crippen LogP contribution in [-0.2, 0) is 7.05 Å². The Morgan fingerprint density at radius 3 is 3.08 bits per heavy atom. The van der Waals surface area contributed by atoms with E-state index in [1.165, 1.54) is 13.2 Å². The zero-order valence-electron chi connectivity index (χ0n) is 6.20. The average Bonchev–Trinajstić information content (AvgIpc) is 2.39. The molecule has 2 rings (SSSR count). The molecule has 0 aliphatic rings. The van der Waals surface area contributed by atoms with Crippen molar-refractivity contribution in [2.24, 2.45) is 7.05 Å². The van der Waals surface area contributed by atoms with Crippen LogP contribution < -0.4 is 11.3 Å². The van der Waals surface area contributed by atoms with Gasteiger partial charge in [0.1, 0.15) is 0 Å². The Morgan fingerprint density at radius 1 is 1.58 bits per heavy atom. The van der Waals surface area contributed by atoms with Crippen molar-refractivity contribution in [3.8, 4) is 0 Å². The molecule has 0 radical (unpaired) electrons. The predicted octanol–water partition coefficient (Wildman–Crippen LogP) is -0.785. The SMILES string of the molecule is Cn1ncc2oc(=O)[nH]c2c1=O. The van der Waals surface area contributed by atoms with Gasteiger partial charge < -0.3 is 4.42 Å². The number of hydrogen-bond donors (Lipinski definition) is 1. The predicted molar refractivity (Wildman–Crippen MR) is 39.9 cm³/mol. The third-order valence-corrected chi connectivity index (χ3v) is 1.53. The highest BCUT2D eigenvalue weighted by atomic mass is 16.4. The average molecular weight is 167 g/mol.